The fourth-order valence-corrected chi connectivity index (χ4v) is 3.43. The van der Waals surface area contributed by atoms with Gasteiger partial charge in [0, 0.05) is 24.7 Å². The highest BCUT2D eigenvalue weighted by atomic mass is 16.1. The van der Waals surface area contributed by atoms with Crippen LogP contribution in [0.1, 0.15) is 27.3 Å². The van der Waals surface area contributed by atoms with Crippen LogP contribution in [0.5, 0.6) is 0 Å². The molecule has 0 fully saturated rings. The summed E-state index contributed by atoms with van der Waals surface area (Å²) in [6.07, 6.45) is 0. The lowest BCUT2D eigenvalue weighted by Crippen LogP contribution is -2.20. The minimum atomic E-state index is -0.182. The fourth-order valence-electron chi connectivity index (χ4n) is 3.43. The van der Waals surface area contributed by atoms with Crippen molar-refractivity contribution in [3.05, 3.63) is 83.2 Å². The monoisotopic (exact) mass is 385 g/mol. The lowest BCUT2D eigenvalue weighted by Gasteiger charge is -2.23. The Kier molecular flexibility index (Phi) is 4.99. The molecule has 6 heteroatoms. The zero-order valence-electron chi connectivity index (χ0n) is 16.7. The molecule has 29 heavy (non-hydrogen) atoms. The zero-order chi connectivity index (χ0) is 20.4. The summed E-state index contributed by atoms with van der Waals surface area (Å²) >= 11 is 0. The predicted molar refractivity (Wildman–Crippen MR) is 116 cm³/mol. The Balaban J connectivity index is 1.61. The Morgan fingerprint density at radius 1 is 1.07 bits per heavy atom. The Bertz CT molecular complexity index is 1170. The summed E-state index contributed by atoms with van der Waals surface area (Å²) in [5.74, 6) is -0.182. The number of carbonyl (C=O) groups is 1. The molecule has 0 aliphatic carbocycles. The van der Waals surface area contributed by atoms with Crippen LogP contribution in [0.15, 0.2) is 60.7 Å². The van der Waals surface area contributed by atoms with Gasteiger partial charge in [-0.05, 0) is 37.6 Å². The van der Waals surface area contributed by atoms with E-state index in [1.54, 1.807) is 0 Å². The number of hydrogen-bond acceptors (Lipinski definition) is 4. The van der Waals surface area contributed by atoms with Gasteiger partial charge in [-0.15, -0.1) is 0 Å². The van der Waals surface area contributed by atoms with Gasteiger partial charge in [0.2, 0.25) is 0 Å². The molecule has 6 nitrogen and oxygen atoms in total. The standard InChI is InChI=1S/C23H23N5O/c1-15-19(13-18-16(2)26-27-22(18)24-15)23(29)25-20-11-7-8-12-21(20)28(3)14-17-9-5-4-6-10-17/h4-13H,14H2,1-3H3,(H,25,29)(H,24,26,27). The molecule has 0 bridgehead atoms. The first kappa shape index (κ1) is 18.7. The van der Waals surface area contributed by atoms with E-state index < -0.39 is 0 Å². The molecule has 0 aliphatic rings. The van der Waals surface area contributed by atoms with Gasteiger partial charge in [-0.25, -0.2) is 4.98 Å². The van der Waals surface area contributed by atoms with E-state index in [0.717, 1.165) is 29.0 Å². The topological polar surface area (TPSA) is 73.9 Å². The molecule has 0 spiro atoms. The van der Waals surface area contributed by atoms with Crippen LogP contribution in [0.2, 0.25) is 0 Å². The van der Waals surface area contributed by atoms with E-state index in [1.807, 2.05) is 69.4 Å². The maximum absolute atomic E-state index is 13.0. The van der Waals surface area contributed by atoms with Crippen LogP contribution >= 0.6 is 0 Å². The number of hydrogen-bond donors (Lipinski definition) is 2. The summed E-state index contributed by atoms with van der Waals surface area (Å²) in [6, 6.07) is 19.9. The molecule has 0 aliphatic heterocycles. The minimum Gasteiger partial charge on any atom is -0.369 e. The summed E-state index contributed by atoms with van der Waals surface area (Å²) < 4.78 is 0. The van der Waals surface area contributed by atoms with Gasteiger partial charge in [-0.1, -0.05) is 42.5 Å². The number of aromatic nitrogens is 3. The first-order chi connectivity index (χ1) is 14.0. The number of anilines is 2. The number of pyridine rings is 1. The van der Waals surface area contributed by atoms with Crippen molar-refractivity contribution in [1.29, 1.82) is 0 Å². The fraction of sp³-hybridized carbons (Fsp3) is 0.174. The number of fused-ring (bicyclic) bond motifs is 1. The predicted octanol–water partition coefficient (Wildman–Crippen LogP) is 4.46. The molecule has 4 rings (SSSR count). The van der Waals surface area contributed by atoms with E-state index in [9.17, 15) is 4.79 Å². The van der Waals surface area contributed by atoms with Crippen molar-refractivity contribution in [2.75, 3.05) is 17.3 Å². The molecule has 0 saturated carbocycles. The van der Waals surface area contributed by atoms with E-state index in [1.165, 1.54) is 5.56 Å². The third kappa shape index (κ3) is 3.82. The Morgan fingerprint density at radius 3 is 2.59 bits per heavy atom. The van der Waals surface area contributed by atoms with Gasteiger partial charge >= 0.3 is 0 Å². The smallest absolute Gasteiger partial charge is 0.257 e. The van der Waals surface area contributed by atoms with Crippen LogP contribution < -0.4 is 10.2 Å². The maximum Gasteiger partial charge on any atom is 0.257 e. The number of benzene rings is 2. The summed E-state index contributed by atoms with van der Waals surface area (Å²) in [7, 11) is 2.02. The number of para-hydroxylation sites is 2. The lowest BCUT2D eigenvalue weighted by molar-refractivity contribution is 0.102. The van der Waals surface area contributed by atoms with Gasteiger partial charge in [0.05, 0.1) is 22.6 Å². The molecule has 0 saturated heterocycles. The van der Waals surface area contributed by atoms with Gasteiger partial charge in [0.15, 0.2) is 5.65 Å². The zero-order valence-corrected chi connectivity index (χ0v) is 16.7. The minimum absolute atomic E-state index is 0.182. The largest absolute Gasteiger partial charge is 0.369 e. The van der Waals surface area contributed by atoms with E-state index in [4.69, 9.17) is 0 Å². The third-order valence-corrected chi connectivity index (χ3v) is 5.00. The molecule has 146 valence electrons. The van der Waals surface area contributed by atoms with Gasteiger partial charge in [0.1, 0.15) is 0 Å². The third-order valence-electron chi connectivity index (χ3n) is 5.00. The van der Waals surface area contributed by atoms with Crippen molar-refractivity contribution >= 4 is 28.3 Å². The molecular formula is C23H23N5O. The van der Waals surface area contributed by atoms with Crippen LogP contribution in [0.25, 0.3) is 11.0 Å². The van der Waals surface area contributed by atoms with Gasteiger partial charge in [-0.3, -0.25) is 9.89 Å². The number of nitrogens with one attached hydrogen (secondary N) is 2. The quantitative estimate of drug-likeness (QED) is 0.532. The second kappa shape index (κ2) is 7.75. The summed E-state index contributed by atoms with van der Waals surface area (Å²) in [6.45, 7) is 4.49. The molecule has 0 radical (unpaired) electrons. The van der Waals surface area contributed by atoms with Crippen LogP contribution in [-0.4, -0.2) is 28.1 Å². The molecule has 2 heterocycles. The van der Waals surface area contributed by atoms with Crippen molar-refractivity contribution in [3.8, 4) is 0 Å². The van der Waals surface area contributed by atoms with E-state index in [0.29, 0.717) is 16.9 Å². The molecule has 4 aromatic rings. The molecule has 0 unspecified atom stereocenters. The van der Waals surface area contributed by atoms with Crippen LogP contribution in [0.3, 0.4) is 0 Å². The lowest BCUT2D eigenvalue weighted by atomic mass is 10.1. The molecule has 2 aromatic carbocycles. The van der Waals surface area contributed by atoms with Gasteiger partial charge in [-0.2, -0.15) is 5.10 Å². The first-order valence-corrected chi connectivity index (χ1v) is 9.50. The molecular weight excluding hydrogens is 362 g/mol. The number of amides is 1. The number of aryl methyl sites for hydroxylation is 2. The van der Waals surface area contributed by atoms with Crippen LogP contribution in [-0.2, 0) is 6.54 Å². The molecule has 2 N–H and O–H groups in total. The Hall–Kier alpha value is -3.67. The first-order valence-electron chi connectivity index (χ1n) is 9.50. The van der Waals surface area contributed by atoms with Crippen LogP contribution in [0, 0.1) is 13.8 Å². The SMILES string of the molecule is Cc1nc2n[nH]c(C)c2cc1C(=O)Nc1ccccc1N(C)Cc1ccccc1. The average Bonchev–Trinajstić information content (AvgIpc) is 3.08. The number of H-pyrrole nitrogens is 1. The van der Waals surface area contributed by atoms with Crippen molar-refractivity contribution in [2.45, 2.75) is 20.4 Å². The number of aromatic amines is 1. The van der Waals surface area contributed by atoms with E-state index in [-0.39, 0.29) is 5.91 Å². The van der Waals surface area contributed by atoms with Gasteiger partial charge in [0.25, 0.3) is 5.91 Å². The Labute approximate surface area is 169 Å². The van der Waals surface area contributed by atoms with Crippen molar-refractivity contribution < 1.29 is 4.79 Å². The highest BCUT2D eigenvalue weighted by Gasteiger charge is 2.16. The summed E-state index contributed by atoms with van der Waals surface area (Å²) in [5, 5.41) is 11.0. The highest BCUT2D eigenvalue weighted by Crippen LogP contribution is 2.27. The second-order valence-corrected chi connectivity index (χ2v) is 7.15. The second-order valence-electron chi connectivity index (χ2n) is 7.15. The van der Waals surface area contributed by atoms with Crippen molar-refractivity contribution in [1.82, 2.24) is 15.2 Å². The Morgan fingerprint density at radius 2 is 1.79 bits per heavy atom. The number of nitrogens with zero attached hydrogens (tertiary/aromatic N) is 3. The number of carbonyl (C=O) groups excluding carboxylic acids is 1. The highest BCUT2D eigenvalue weighted by molar-refractivity contribution is 6.08. The maximum atomic E-state index is 13.0. The summed E-state index contributed by atoms with van der Waals surface area (Å²) in [5.41, 5.74) is 5.63. The normalized spacial score (nSPS) is 10.9. The van der Waals surface area contributed by atoms with Crippen molar-refractivity contribution in [2.24, 2.45) is 0 Å². The number of rotatable bonds is 5. The van der Waals surface area contributed by atoms with Crippen molar-refractivity contribution in [3.63, 3.8) is 0 Å². The van der Waals surface area contributed by atoms with E-state index in [2.05, 4.69) is 37.5 Å². The molecule has 1 amide bonds. The van der Waals surface area contributed by atoms with Gasteiger partial charge < -0.3 is 10.2 Å². The summed E-state index contributed by atoms with van der Waals surface area (Å²) in [4.78, 5) is 19.6. The average molecular weight is 385 g/mol. The molecule has 0 atom stereocenters. The van der Waals surface area contributed by atoms with E-state index >= 15 is 0 Å². The molecule has 2 aromatic heterocycles. The van der Waals surface area contributed by atoms with Crippen LogP contribution in [0.4, 0.5) is 11.4 Å².